The fourth-order valence-electron chi connectivity index (χ4n) is 1.15. The van der Waals surface area contributed by atoms with Crippen LogP contribution in [0.1, 0.15) is 46.5 Å². The summed E-state index contributed by atoms with van der Waals surface area (Å²) in [5.74, 6) is 0.363. The van der Waals surface area contributed by atoms with Crippen LogP contribution in [0.4, 0.5) is 0 Å². The van der Waals surface area contributed by atoms with Crippen molar-refractivity contribution in [1.82, 2.24) is 5.32 Å². The van der Waals surface area contributed by atoms with Gasteiger partial charge in [0.25, 0.3) is 0 Å². The van der Waals surface area contributed by atoms with Gasteiger partial charge in [0.05, 0.1) is 6.54 Å². The van der Waals surface area contributed by atoms with Crippen molar-refractivity contribution in [1.29, 1.82) is 0 Å². The summed E-state index contributed by atoms with van der Waals surface area (Å²) in [6.45, 7) is 7.11. The summed E-state index contributed by atoms with van der Waals surface area (Å²) in [6.07, 6.45) is 4.24. The van der Waals surface area contributed by atoms with Crippen LogP contribution in [0, 0.1) is 5.41 Å². The van der Waals surface area contributed by atoms with Gasteiger partial charge in [0.1, 0.15) is 5.78 Å². The molecule has 1 N–H and O–H groups in total. The maximum atomic E-state index is 11.4. The highest BCUT2D eigenvalue weighted by Crippen LogP contribution is 2.21. The van der Waals surface area contributed by atoms with E-state index in [0.717, 1.165) is 12.8 Å². The lowest BCUT2D eigenvalue weighted by Crippen LogP contribution is -2.25. The van der Waals surface area contributed by atoms with Gasteiger partial charge in [-0.1, -0.05) is 20.8 Å². The number of hydrogen-bond acceptors (Lipinski definition) is 2. The Morgan fingerprint density at radius 3 is 2.46 bits per heavy atom. The molecule has 1 fully saturated rings. The van der Waals surface area contributed by atoms with E-state index >= 15 is 0 Å². The molecule has 0 atom stereocenters. The summed E-state index contributed by atoms with van der Waals surface area (Å²) in [5, 5.41) is 3.24. The third-order valence-corrected chi connectivity index (χ3v) is 2.32. The van der Waals surface area contributed by atoms with Gasteiger partial charge in [-0.2, -0.15) is 0 Å². The minimum Gasteiger partial charge on any atom is -0.307 e. The van der Waals surface area contributed by atoms with E-state index in [-0.39, 0.29) is 5.41 Å². The van der Waals surface area contributed by atoms with Crippen molar-refractivity contribution in [2.24, 2.45) is 5.41 Å². The van der Waals surface area contributed by atoms with Gasteiger partial charge in [0, 0.05) is 12.5 Å². The van der Waals surface area contributed by atoms with E-state index in [9.17, 15) is 4.79 Å². The number of ketones is 1. The zero-order chi connectivity index (χ0) is 9.90. The predicted molar refractivity (Wildman–Crippen MR) is 54.7 cm³/mol. The fraction of sp³-hybridized carbons (Fsp3) is 0.909. The molecule has 0 aliphatic heterocycles. The summed E-state index contributed by atoms with van der Waals surface area (Å²) >= 11 is 0. The van der Waals surface area contributed by atoms with Crippen molar-refractivity contribution in [3.8, 4) is 0 Å². The van der Waals surface area contributed by atoms with Crippen molar-refractivity contribution in [2.45, 2.75) is 52.5 Å². The van der Waals surface area contributed by atoms with Gasteiger partial charge in [0.15, 0.2) is 0 Å². The summed E-state index contributed by atoms with van der Waals surface area (Å²) in [6, 6.07) is 0.651. The Morgan fingerprint density at radius 2 is 2.00 bits per heavy atom. The van der Waals surface area contributed by atoms with E-state index in [2.05, 4.69) is 26.1 Å². The van der Waals surface area contributed by atoms with Crippen molar-refractivity contribution in [2.75, 3.05) is 6.54 Å². The molecule has 13 heavy (non-hydrogen) atoms. The molecule has 0 radical (unpaired) electrons. The number of Topliss-reactive ketones (excluding diaryl/α,β-unsaturated/α-hetero) is 1. The van der Waals surface area contributed by atoms with Gasteiger partial charge in [-0.05, 0) is 24.7 Å². The van der Waals surface area contributed by atoms with E-state index < -0.39 is 0 Å². The molecular formula is C11H21NO. The number of rotatable bonds is 5. The van der Waals surface area contributed by atoms with Gasteiger partial charge in [-0.3, -0.25) is 4.79 Å². The highest BCUT2D eigenvalue weighted by Gasteiger charge is 2.21. The molecule has 76 valence electrons. The zero-order valence-corrected chi connectivity index (χ0v) is 9.02. The zero-order valence-electron chi connectivity index (χ0n) is 9.02. The second-order valence-corrected chi connectivity index (χ2v) is 5.25. The van der Waals surface area contributed by atoms with Gasteiger partial charge >= 0.3 is 0 Å². The second-order valence-electron chi connectivity index (χ2n) is 5.25. The van der Waals surface area contributed by atoms with Gasteiger partial charge < -0.3 is 5.32 Å². The summed E-state index contributed by atoms with van der Waals surface area (Å²) < 4.78 is 0. The fourth-order valence-corrected chi connectivity index (χ4v) is 1.15. The van der Waals surface area contributed by atoms with E-state index in [1.165, 1.54) is 12.8 Å². The molecule has 0 aromatic carbocycles. The normalized spacial score (nSPS) is 17.5. The highest BCUT2D eigenvalue weighted by atomic mass is 16.1. The predicted octanol–water partition coefficient (Wildman–Crippen LogP) is 2.13. The Kier molecular flexibility index (Phi) is 3.48. The topological polar surface area (TPSA) is 29.1 Å². The lowest BCUT2D eigenvalue weighted by molar-refractivity contribution is -0.118. The Labute approximate surface area is 81.1 Å². The van der Waals surface area contributed by atoms with Crippen molar-refractivity contribution in [3.63, 3.8) is 0 Å². The minimum atomic E-state index is 0.287. The van der Waals surface area contributed by atoms with Crippen LogP contribution in [0.3, 0.4) is 0 Å². The molecule has 0 amide bonds. The first-order valence-electron chi connectivity index (χ1n) is 5.22. The van der Waals surface area contributed by atoms with Gasteiger partial charge in [0.2, 0.25) is 0 Å². The number of hydrogen-bond donors (Lipinski definition) is 1. The van der Waals surface area contributed by atoms with Crippen LogP contribution < -0.4 is 5.32 Å². The lowest BCUT2D eigenvalue weighted by atomic mass is 9.89. The van der Waals surface area contributed by atoms with Crippen LogP contribution >= 0.6 is 0 Å². The summed E-state index contributed by atoms with van der Waals surface area (Å²) in [4.78, 5) is 11.4. The van der Waals surface area contributed by atoms with E-state index in [0.29, 0.717) is 18.4 Å². The first-order chi connectivity index (χ1) is 5.97. The first kappa shape index (κ1) is 10.7. The molecule has 0 aromatic rings. The summed E-state index contributed by atoms with van der Waals surface area (Å²) in [7, 11) is 0. The second kappa shape index (κ2) is 4.23. The smallest absolute Gasteiger partial charge is 0.146 e. The summed E-state index contributed by atoms with van der Waals surface area (Å²) in [5.41, 5.74) is 0.287. The molecule has 0 spiro atoms. The third-order valence-electron chi connectivity index (χ3n) is 2.32. The standard InChI is InChI=1S/C11H21NO/c1-11(2,3)7-6-10(13)8-12-9-4-5-9/h9,12H,4-8H2,1-3H3. The van der Waals surface area contributed by atoms with Crippen molar-refractivity contribution < 1.29 is 4.79 Å². The van der Waals surface area contributed by atoms with Crippen LogP contribution in [-0.2, 0) is 4.79 Å². The van der Waals surface area contributed by atoms with Crippen LogP contribution in [0.25, 0.3) is 0 Å². The molecule has 0 heterocycles. The van der Waals surface area contributed by atoms with Crippen LogP contribution in [-0.4, -0.2) is 18.4 Å². The Balaban J connectivity index is 2.03. The Hall–Kier alpha value is -0.370. The SMILES string of the molecule is CC(C)(C)CCC(=O)CNC1CC1. The molecule has 2 nitrogen and oxygen atoms in total. The number of carbonyl (C=O) groups excluding carboxylic acids is 1. The van der Waals surface area contributed by atoms with Gasteiger partial charge in [-0.15, -0.1) is 0 Å². The largest absolute Gasteiger partial charge is 0.307 e. The van der Waals surface area contributed by atoms with Crippen molar-refractivity contribution in [3.05, 3.63) is 0 Å². The monoisotopic (exact) mass is 183 g/mol. The average Bonchev–Trinajstić information content (AvgIpc) is 2.78. The minimum absolute atomic E-state index is 0.287. The van der Waals surface area contributed by atoms with E-state index in [4.69, 9.17) is 0 Å². The average molecular weight is 183 g/mol. The van der Waals surface area contributed by atoms with Crippen LogP contribution in [0.2, 0.25) is 0 Å². The maximum absolute atomic E-state index is 11.4. The van der Waals surface area contributed by atoms with E-state index in [1.807, 2.05) is 0 Å². The lowest BCUT2D eigenvalue weighted by Gasteiger charge is -2.16. The molecule has 1 aliphatic carbocycles. The van der Waals surface area contributed by atoms with E-state index in [1.54, 1.807) is 0 Å². The molecule has 0 unspecified atom stereocenters. The molecule has 2 heteroatoms. The Morgan fingerprint density at radius 1 is 1.38 bits per heavy atom. The highest BCUT2D eigenvalue weighted by molar-refractivity contribution is 5.80. The molecule has 0 aromatic heterocycles. The molecule has 1 aliphatic rings. The molecule has 1 rings (SSSR count). The quantitative estimate of drug-likeness (QED) is 0.707. The van der Waals surface area contributed by atoms with Crippen molar-refractivity contribution >= 4 is 5.78 Å². The molecule has 1 saturated carbocycles. The van der Waals surface area contributed by atoms with Gasteiger partial charge in [-0.25, -0.2) is 0 Å². The number of carbonyl (C=O) groups is 1. The maximum Gasteiger partial charge on any atom is 0.146 e. The Bertz CT molecular complexity index is 177. The van der Waals surface area contributed by atoms with Crippen LogP contribution in [0.15, 0.2) is 0 Å². The van der Waals surface area contributed by atoms with Crippen LogP contribution in [0.5, 0.6) is 0 Å². The molecular weight excluding hydrogens is 162 g/mol. The first-order valence-corrected chi connectivity index (χ1v) is 5.22. The number of nitrogens with one attached hydrogen (secondary N) is 1. The molecule has 0 saturated heterocycles. The molecule has 0 bridgehead atoms. The third kappa shape index (κ3) is 5.81.